The van der Waals surface area contributed by atoms with Crippen molar-refractivity contribution in [1.29, 1.82) is 5.41 Å². The van der Waals surface area contributed by atoms with Gasteiger partial charge in [-0.1, -0.05) is 18.1 Å². The monoisotopic (exact) mass is 431 g/mol. The van der Waals surface area contributed by atoms with Gasteiger partial charge in [0.1, 0.15) is 0 Å². The second-order valence-electron chi connectivity index (χ2n) is 7.43. The number of carbonyl (C=O) groups is 1. The molecule has 0 saturated carbocycles. The predicted octanol–water partition coefficient (Wildman–Crippen LogP) is 3.19. The summed E-state index contributed by atoms with van der Waals surface area (Å²) in [6.45, 7) is 1.93. The lowest BCUT2D eigenvalue weighted by Gasteiger charge is -2.44. The van der Waals surface area contributed by atoms with Gasteiger partial charge in [0.2, 0.25) is 5.91 Å². The topological polar surface area (TPSA) is 91.2 Å². The number of benzene rings is 1. The van der Waals surface area contributed by atoms with E-state index in [2.05, 4.69) is 21.2 Å². The van der Waals surface area contributed by atoms with Crippen LogP contribution < -0.4 is 10.1 Å². The first-order valence-electron chi connectivity index (χ1n) is 9.53. The third-order valence-electron chi connectivity index (χ3n) is 5.51. The number of aromatic nitrogens is 2. The van der Waals surface area contributed by atoms with Crippen molar-refractivity contribution in [3.05, 3.63) is 64.1 Å². The fourth-order valence-corrected chi connectivity index (χ4v) is 4.83. The number of methoxy groups -OCH3 is 1. The Bertz CT molecular complexity index is 1200. The van der Waals surface area contributed by atoms with E-state index in [1.165, 1.54) is 23.3 Å². The highest BCUT2D eigenvalue weighted by atomic mass is 32.1. The van der Waals surface area contributed by atoms with Gasteiger partial charge >= 0.3 is 6.01 Å². The van der Waals surface area contributed by atoms with Gasteiger partial charge in [-0.05, 0) is 41.6 Å². The maximum absolute atomic E-state index is 13.3. The number of ether oxygens (including phenoxy) is 1. The highest BCUT2D eigenvalue weighted by molar-refractivity contribution is 7.10. The minimum atomic E-state index is -0.856. The van der Waals surface area contributed by atoms with E-state index < -0.39 is 11.5 Å². The van der Waals surface area contributed by atoms with Gasteiger partial charge in [-0.25, -0.2) is 9.97 Å². The SMILES string of the molecule is C#Cc1cccc(-c2csc([C@@]3(C)NC(=N)N(C)C(=O)C3c3cnc(OC)nc3)c2)c1. The molecule has 1 aliphatic heterocycles. The molecule has 1 saturated heterocycles. The molecule has 1 amide bonds. The van der Waals surface area contributed by atoms with Crippen LogP contribution in [0.3, 0.4) is 0 Å². The molecule has 0 aliphatic carbocycles. The van der Waals surface area contributed by atoms with Gasteiger partial charge in [-0.15, -0.1) is 17.8 Å². The standard InChI is InChI=1S/C23H21N5O2S/c1-5-14-7-6-8-15(9-14)16-10-18(31-13-16)23(2)19(20(29)28(3)21(24)27-23)17-11-25-22(30-4)26-12-17/h1,6-13,19H,2-4H3,(H2,24,27)/t19?,23-/m1/s1. The van der Waals surface area contributed by atoms with Gasteiger partial charge < -0.3 is 10.1 Å². The average molecular weight is 432 g/mol. The molecule has 156 valence electrons. The van der Waals surface area contributed by atoms with Crippen LogP contribution in [-0.2, 0) is 10.3 Å². The number of guanidine groups is 1. The summed E-state index contributed by atoms with van der Waals surface area (Å²) >= 11 is 1.53. The molecule has 0 spiro atoms. The van der Waals surface area contributed by atoms with Gasteiger partial charge in [0.25, 0.3) is 0 Å². The summed E-state index contributed by atoms with van der Waals surface area (Å²) in [4.78, 5) is 23.9. The number of amides is 1. The molecular formula is C23H21N5O2S. The molecule has 3 aromatic rings. The van der Waals surface area contributed by atoms with Gasteiger partial charge in [0.05, 0.1) is 18.6 Å². The Labute approximate surface area is 184 Å². The minimum absolute atomic E-state index is 0.0439. The van der Waals surface area contributed by atoms with E-state index in [0.717, 1.165) is 21.6 Å². The number of terminal acetylenes is 1. The van der Waals surface area contributed by atoms with Gasteiger partial charge in [-0.3, -0.25) is 15.1 Å². The molecular weight excluding hydrogens is 410 g/mol. The van der Waals surface area contributed by atoms with E-state index in [4.69, 9.17) is 16.6 Å². The molecule has 1 aromatic carbocycles. The van der Waals surface area contributed by atoms with Crippen LogP contribution >= 0.6 is 11.3 Å². The second kappa shape index (κ2) is 7.85. The number of nitrogens with one attached hydrogen (secondary N) is 2. The summed E-state index contributed by atoms with van der Waals surface area (Å²) < 4.78 is 5.05. The highest BCUT2D eigenvalue weighted by Crippen LogP contribution is 2.44. The van der Waals surface area contributed by atoms with Crippen molar-refractivity contribution in [3.8, 4) is 29.5 Å². The van der Waals surface area contributed by atoms with Crippen molar-refractivity contribution in [1.82, 2.24) is 20.2 Å². The Morgan fingerprint density at radius 2 is 2.03 bits per heavy atom. The molecule has 4 rings (SSSR count). The average Bonchev–Trinajstić information content (AvgIpc) is 3.29. The zero-order chi connectivity index (χ0) is 22.2. The molecule has 2 N–H and O–H groups in total. The smallest absolute Gasteiger partial charge is 0.316 e. The second-order valence-corrected chi connectivity index (χ2v) is 8.35. The summed E-state index contributed by atoms with van der Waals surface area (Å²) in [6.07, 6.45) is 8.74. The van der Waals surface area contributed by atoms with E-state index in [1.54, 1.807) is 19.4 Å². The largest absolute Gasteiger partial charge is 0.467 e. The Morgan fingerprint density at radius 1 is 1.29 bits per heavy atom. The van der Waals surface area contributed by atoms with E-state index in [1.807, 2.05) is 42.6 Å². The number of likely N-dealkylation sites (N-methyl/N-ethyl adjacent to an activating group) is 1. The zero-order valence-corrected chi connectivity index (χ0v) is 18.2. The molecule has 1 fully saturated rings. The first-order valence-corrected chi connectivity index (χ1v) is 10.4. The zero-order valence-electron chi connectivity index (χ0n) is 17.3. The lowest BCUT2D eigenvalue weighted by molar-refractivity contribution is -0.131. The van der Waals surface area contributed by atoms with Crippen LogP contribution in [0.4, 0.5) is 0 Å². The summed E-state index contributed by atoms with van der Waals surface area (Å²) in [7, 11) is 3.07. The van der Waals surface area contributed by atoms with Crippen molar-refractivity contribution >= 4 is 23.2 Å². The molecule has 3 heterocycles. The molecule has 1 unspecified atom stereocenters. The summed E-state index contributed by atoms with van der Waals surface area (Å²) in [6, 6.07) is 10.0. The Kier molecular flexibility index (Phi) is 5.21. The lowest BCUT2D eigenvalue weighted by atomic mass is 9.77. The van der Waals surface area contributed by atoms with Gasteiger partial charge in [0.15, 0.2) is 5.96 Å². The van der Waals surface area contributed by atoms with Crippen LogP contribution in [0.5, 0.6) is 6.01 Å². The van der Waals surface area contributed by atoms with E-state index in [-0.39, 0.29) is 17.9 Å². The summed E-state index contributed by atoms with van der Waals surface area (Å²) in [5.41, 5.74) is 2.59. The third kappa shape index (κ3) is 3.53. The summed E-state index contributed by atoms with van der Waals surface area (Å²) in [5, 5.41) is 13.6. The van der Waals surface area contributed by atoms with Crippen molar-refractivity contribution in [2.45, 2.75) is 18.4 Å². The Hall–Kier alpha value is -3.70. The molecule has 2 aromatic heterocycles. The quantitative estimate of drug-likeness (QED) is 0.619. The van der Waals surface area contributed by atoms with Crippen molar-refractivity contribution in [2.75, 3.05) is 14.2 Å². The normalized spacial score (nSPS) is 20.8. The van der Waals surface area contributed by atoms with Crippen LogP contribution in [0.2, 0.25) is 0 Å². The maximum atomic E-state index is 13.3. The Morgan fingerprint density at radius 3 is 2.71 bits per heavy atom. The predicted molar refractivity (Wildman–Crippen MR) is 120 cm³/mol. The van der Waals surface area contributed by atoms with Crippen LogP contribution in [0, 0.1) is 17.8 Å². The minimum Gasteiger partial charge on any atom is -0.467 e. The van der Waals surface area contributed by atoms with Crippen LogP contribution in [0.25, 0.3) is 11.1 Å². The first-order chi connectivity index (χ1) is 14.9. The molecule has 7 nitrogen and oxygen atoms in total. The van der Waals surface area contributed by atoms with E-state index >= 15 is 0 Å². The molecule has 0 bridgehead atoms. The van der Waals surface area contributed by atoms with Crippen molar-refractivity contribution in [2.24, 2.45) is 0 Å². The maximum Gasteiger partial charge on any atom is 0.316 e. The highest BCUT2D eigenvalue weighted by Gasteiger charge is 2.49. The molecule has 31 heavy (non-hydrogen) atoms. The number of nitrogens with zero attached hydrogens (tertiary/aromatic N) is 3. The first kappa shape index (κ1) is 20.6. The molecule has 0 radical (unpaired) electrons. The van der Waals surface area contributed by atoms with Crippen LogP contribution in [0.1, 0.15) is 28.8 Å². The Balaban J connectivity index is 1.79. The van der Waals surface area contributed by atoms with Gasteiger partial charge in [0, 0.05) is 35.4 Å². The molecule has 8 heteroatoms. The number of carbonyl (C=O) groups excluding carboxylic acids is 1. The van der Waals surface area contributed by atoms with Crippen molar-refractivity contribution in [3.63, 3.8) is 0 Å². The fourth-order valence-electron chi connectivity index (χ4n) is 3.76. The van der Waals surface area contributed by atoms with Gasteiger partial charge in [-0.2, -0.15) is 0 Å². The summed E-state index contributed by atoms with van der Waals surface area (Å²) in [5.74, 6) is 1.87. The number of hydrogen-bond acceptors (Lipinski definition) is 6. The van der Waals surface area contributed by atoms with Crippen LogP contribution in [-0.4, -0.2) is 40.9 Å². The van der Waals surface area contributed by atoms with E-state index in [9.17, 15) is 4.79 Å². The van der Waals surface area contributed by atoms with Crippen LogP contribution in [0.15, 0.2) is 48.1 Å². The lowest BCUT2D eigenvalue weighted by Crippen LogP contribution is -2.62. The number of thiophene rings is 1. The third-order valence-corrected chi connectivity index (χ3v) is 6.67. The number of hydrogen-bond donors (Lipinski definition) is 2. The van der Waals surface area contributed by atoms with Crippen molar-refractivity contribution < 1.29 is 9.53 Å². The number of rotatable bonds is 4. The molecule has 2 atom stereocenters. The fraction of sp³-hybridized carbons (Fsp3) is 0.217. The molecule has 1 aliphatic rings. The van der Waals surface area contributed by atoms with E-state index in [0.29, 0.717) is 5.56 Å².